The summed E-state index contributed by atoms with van der Waals surface area (Å²) in [6.45, 7) is 0. The predicted octanol–water partition coefficient (Wildman–Crippen LogP) is 1.30. The molecule has 0 saturated heterocycles. The van der Waals surface area contributed by atoms with E-state index in [1.54, 1.807) is 12.3 Å². The molecule has 0 aliphatic heterocycles. The Hall–Kier alpha value is -1.94. The van der Waals surface area contributed by atoms with Crippen LogP contribution < -0.4 is 11.5 Å². The Labute approximate surface area is 94.3 Å². The first-order valence-electron chi connectivity index (χ1n) is 5.13. The van der Waals surface area contributed by atoms with Crippen LogP contribution in [0.4, 0.5) is 5.95 Å². The summed E-state index contributed by atoms with van der Waals surface area (Å²) in [6, 6.07) is 11.7. The molecule has 2 rings (SSSR count). The van der Waals surface area contributed by atoms with Crippen molar-refractivity contribution in [2.45, 2.75) is 12.5 Å². The molecule has 0 spiro atoms. The molecule has 0 aliphatic rings. The zero-order valence-corrected chi connectivity index (χ0v) is 8.88. The number of nitrogens with two attached hydrogens (primary N) is 2. The first-order chi connectivity index (χ1) is 7.75. The number of aromatic nitrogens is 2. The van der Waals surface area contributed by atoms with Crippen molar-refractivity contribution >= 4 is 5.95 Å². The van der Waals surface area contributed by atoms with Gasteiger partial charge in [-0.2, -0.15) is 0 Å². The van der Waals surface area contributed by atoms with Crippen LogP contribution in [0.15, 0.2) is 42.6 Å². The molecule has 1 atom stereocenters. The number of hydrogen-bond donors (Lipinski definition) is 2. The van der Waals surface area contributed by atoms with Crippen LogP contribution in [0.25, 0.3) is 0 Å². The summed E-state index contributed by atoms with van der Waals surface area (Å²) in [7, 11) is 0. The maximum absolute atomic E-state index is 6.05. The zero-order chi connectivity index (χ0) is 11.4. The molecule has 0 bridgehead atoms. The van der Waals surface area contributed by atoms with E-state index in [-0.39, 0.29) is 12.0 Å². The molecule has 1 heterocycles. The number of nitrogens with zero attached hydrogens (tertiary/aromatic N) is 2. The summed E-state index contributed by atoms with van der Waals surface area (Å²) >= 11 is 0. The Balaban J connectivity index is 2.12. The normalized spacial score (nSPS) is 12.3. The summed E-state index contributed by atoms with van der Waals surface area (Å²) in [5.74, 6) is 0.265. The summed E-state index contributed by atoms with van der Waals surface area (Å²) in [5.41, 5.74) is 13.5. The lowest BCUT2D eigenvalue weighted by molar-refractivity contribution is 0.695. The van der Waals surface area contributed by atoms with Crippen LogP contribution >= 0.6 is 0 Å². The molecule has 0 fully saturated rings. The highest BCUT2D eigenvalue weighted by molar-refractivity contribution is 5.22. The molecule has 4 heteroatoms. The van der Waals surface area contributed by atoms with E-state index in [9.17, 15) is 0 Å². The Bertz CT molecular complexity index is 456. The third-order valence-corrected chi connectivity index (χ3v) is 2.37. The van der Waals surface area contributed by atoms with Crippen LogP contribution in [0.1, 0.15) is 17.3 Å². The molecular formula is C12H14N4. The Kier molecular flexibility index (Phi) is 3.12. The summed E-state index contributed by atoms with van der Waals surface area (Å²) in [4.78, 5) is 7.95. The van der Waals surface area contributed by atoms with Crippen molar-refractivity contribution < 1.29 is 0 Å². The van der Waals surface area contributed by atoms with Crippen molar-refractivity contribution in [2.75, 3.05) is 5.73 Å². The topological polar surface area (TPSA) is 77.8 Å². The maximum atomic E-state index is 6.05. The quantitative estimate of drug-likeness (QED) is 0.807. The highest BCUT2D eigenvalue weighted by Crippen LogP contribution is 2.13. The largest absolute Gasteiger partial charge is 0.368 e. The van der Waals surface area contributed by atoms with Crippen molar-refractivity contribution in [1.29, 1.82) is 0 Å². The third kappa shape index (κ3) is 2.55. The average Bonchev–Trinajstić information content (AvgIpc) is 2.30. The number of hydrogen-bond acceptors (Lipinski definition) is 4. The van der Waals surface area contributed by atoms with Crippen molar-refractivity contribution in [3.63, 3.8) is 0 Å². The molecular weight excluding hydrogens is 200 g/mol. The van der Waals surface area contributed by atoms with E-state index in [0.717, 1.165) is 12.1 Å². The predicted molar refractivity (Wildman–Crippen MR) is 63.5 cm³/mol. The van der Waals surface area contributed by atoms with Crippen molar-refractivity contribution in [2.24, 2.45) is 5.73 Å². The van der Waals surface area contributed by atoms with Gasteiger partial charge in [-0.05, 0) is 18.1 Å². The van der Waals surface area contributed by atoms with Gasteiger partial charge in [-0.25, -0.2) is 9.97 Å². The molecule has 16 heavy (non-hydrogen) atoms. The van der Waals surface area contributed by atoms with Gasteiger partial charge in [-0.3, -0.25) is 0 Å². The Morgan fingerprint density at radius 3 is 2.56 bits per heavy atom. The van der Waals surface area contributed by atoms with Crippen molar-refractivity contribution in [3.8, 4) is 0 Å². The highest BCUT2D eigenvalue weighted by atomic mass is 15.0. The minimum atomic E-state index is -0.146. The van der Waals surface area contributed by atoms with E-state index in [1.807, 2.05) is 30.3 Å². The van der Waals surface area contributed by atoms with E-state index in [0.29, 0.717) is 0 Å². The number of anilines is 1. The van der Waals surface area contributed by atoms with Gasteiger partial charge in [0.1, 0.15) is 0 Å². The minimum Gasteiger partial charge on any atom is -0.368 e. The molecule has 4 nitrogen and oxygen atoms in total. The summed E-state index contributed by atoms with van der Waals surface area (Å²) < 4.78 is 0. The molecule has 0 saturated carbocycles. The third-order valence-electron chi connectivity index (χ3n) is 2.37. The van der Waals surface area contributed by atoms with Crippen LogP contribution in [-0.2, 0) is 6.42 Å². The van der Waals surface area contributed by atoms with Gasteiger partial charge in [0, 0.05) is 6.20 Å². The van der Waals surface area contributed by atoms with E-state index < -0.39 is 0 Å². The monoisotopic (exact) mass is 214 g/mol. The van der Waals surface area contributed by atoms with Gasteiger partial charge < -0.3 is 11.5 Å². The van der Waals surface area contributed by atoms with Crippen LogP contribution in [0.3, 0.4) is 0 Å². The van der Waals surface area contributed by atoms with Gasteiger partial charge in [0.2, 0.25) is 5.95 Å². The lowest BCUT2D eigenvalue weighted by Crippen LogP contribution is -2.15. The summed E-state index contributed by atoms with van der Waals surface area (Å²) in [5, 5.41) is 0. The standard InChI is InChI=1S/C12H14N4/c13-10(8-9-4-2-1-3-5-9)11-6-7-15-12(14)16-11/h1-7,10H,8,13H2,(H2,14,15,16)/t10-/m0/s1. The minimum absolute atomic E-state index is 0.146. The average molecular weight is 214 g/mol. The first-order valence-corrected chi connectivity index (χ1v) is 5.13. The fourth-order valence-electron chi connectivity index (χ4n) is 1.57. The van der Waals surface area contributed by atoms with E-state index in [2.05, 4.69) is 9.97 Å². The number of benzene rings is 1. The highest BCUT2D eigenvalue weighted by Gasteiger charge is 2.08. The molecule has 1 aromatic heterocycles. The van der Waals surface area contributed by atoms with Crippen LogP contribution in [0.2, 0.25) is 0 Å². The zero-order valence-electron chi connectivity index (χ0n) is 8.88. The fourth-order valence-corrected chi connectivity index (χ4v) is 1.57. The van der Waals surface area contributed by atoms with E-state index in [4.69, 9.17) is 11.5 Å². The fraction of sp³-hybridized carbons (Fsp3) is 0.167. The van der Waals surface area contributed by atoms with Crippen molar-refractivity contribution in [1.82, 2.24) is 9.97 Å². The van der Waals surface area contributed by atoms with Crippen LogP contribution in [-0.4, -0.2) is 9.97 Å². The van der Waals surface area contributed by atoms with E-state index >= 15 is 0 Å². The molecule has 0 radical (unpaired) electrons. The molecule has 2 aromatic rings. The first kappa shape index (κ1) is 10.6. The van der Waals surface area contributed by atoms with Gasteiger partial charge >= 0.3 is 0 Å². The van der Waals surface area contributed by atoms with Gasteiger partial charge in [-0.15, -0.1) is 0 Å². The summed E-state index contributed by atoms with van der Waals surface area (Å²) in [6.07, 6.45) is 2.37. The number of nitrogen functional groups attached to an aromatic ring is 1. The molecule has 82 valence electrons. The Morgan fingerprint density at radius 2 is 1.88 bits per heavy atom. The molecule has 0 unspecified atom stereocenters. The molecule has 4 N–H and O–H groups in total. The van der Waals surface area contributed by atoms with Gasteiger partial charge in [0.25, 0.3) is 0 Å². The maximum Gasteiger partial charge on any atom is 0.220 e. The van der Waals surface area contributed by atoms with Crippen LogP contribution in [0, 0.1) is 0 Å². The van der Waals surface area contributed by atoms with Gasteiger partial charge in [-0.1, -0.05) is 30.3 Å². The second kappa shape index (κ2) is 4.72. The number of rotatable bonds is 3. The molecule has 1 aromatic carbocycles. The van der Waals surface area contributed by atoms with E-state index in [1.165, 1.54) is 5.56 Å². The SMILES string of the molecule is Nc1nccc([C@@H](N)Cc2ccccc2)n1. The second-order valence-electron chi connectivity index (χ2n) is 3.64. The lowest BCUT2D eigenvalue weighted by atomic mass is 10.0. The molecule has 0 aliphatic carbocycles. The van der Waals surface area contributed by atoms with Gasteiger partial charge in [0.05, 0.1) is 11.7 Å². The second-order valence-corrected chi connectivity index (χ2v) is 3.64. The molecule has 0 amide bonds. The van der Waals surface area contributed by atoms with Crippen molar-refractivity contribution in [3.05, 3.63) is 53.9 Å². The van der Waals surface area contributed by atoms with Gasteiger partial charge in [0.15, 0.2) is 0 Å². The smallest absolute Gasteiger partial charge is 0.220 e. The van der Waals surface area contributed by atoms with Crippen LogP contribution in [0.5, 0.6) is 0 Å². The Morgan fingerprint density at radius 1 is 1.12 bits per heavy atom. The lowest BCUT2D eigenvalue weighted by Gasteiger charge is -2.10.